The summed E-state index contributed by atoms with van der Waals surface area (Å²) < 4.78 is 0.899. The molecule has 0 N–H and O–H groups in total. The summed E-state index contributed by atoms with van der Waals surface area (Å²) in [5.41, 5.74) is 4.89. The van der Waals surface area contributed by atoms with Crippen LogP contribution >= 0.6 is 22.7 Å². The number of anilines is 2. The SMILES string of the molecule is CCCCCc1ccc2c(c1)C(=O)C(/C(C#N)=C/c1cc3sc(/N=N/c4ccc(N(C)c5ccccc5)cc4)nc3s1)C2=O. The largest absolute Gasteiger partial charge is 0.345 e. The van der Waals surface area contributed by atoms with Gasteiger partial charge in [0.15, 0.2) is 11.6 Å². The first-order chi connectivity index (χ1) is 21.4. The molecule has 44 heavy (non-hydrogen) atoms. The van der Waals surface area contributed by atoms with Crippen molar-refractivity contribution in [1.82, 2.24) is 4.98 Å². The van der Waals surface area contributed by atoms with Crippen molar-refractivity contribution in [2.24, 2.45) is 16.1 Å². The molecule has 1 aliphatic rings. The van der Waals surface area contributed by atoms with Crippen molar-refractivity contribution in [1.29, 1.82) is 5.26 Å². The lowest BCUT2D eigenvalue weighted by Gasteiger charge is -2.19. The molecule has 0 fully saturated rings. The maximum absolute atomic E-state index is 13.3. The fourth-order valence-electron chi connectivity index (χ4n) is 5.29. The fraction of sp³-hybridized carbons (Fsp3) is 0.200. The Kier molecular flexibility index (Phi) is 8.55. The Balaban J connectivity index is 1.15. The van der Waals surface area contributed by atoms with Gasteiger partial charge in [-0.2, -0.15) is 5.26 Å². The molecule has 0 spiro atoms. The topological polar surface area (TPSA) is 98.8 Å². The van der Waals surface area contributed by atoms with Crippen molar-refractivity contribution in [3.05, 3.63) is 106 Å². The number of carbonyl (C=O) groups excluding carboxylic acids is 2. The summed E-state index contributed by atoms with van der Waals surface area (Å²) in [4.78, 5) is 34.7. The number of rotatable bonds is 10. The number of nitriles is 1. The number of allylic oxidation sites excluding steroid dienone is 1. The van der Waals surface area contributed by atoms with Gasteiger partial charge in [-0.3, -0.25) is 9.59 Å². The Labute approximate surface area is 263 Å². The number of carbonyl (C=O) groups is 2. The highest BCUT2D eigenvalue weighted by Crippen LogP contribution is 2.38. The van der Waals surface area contributed by atoms with Crippen molar-refractivity contribution in [3.8, 4) is 6.07 Å². The molecule has 1 atom stereocenters. The molecule has 9 heteroatoms. The zero-order valence-corrected chi connectivity index (χ0v) is 26.0. The third kappa shape index (κ3) is 6.00. The van der Waals surface area contributed by atoms with Gasteiger partial charge >= 0.3 is 0 Å². The predicted octanol–water partition coefficient (Wildman–Crippen LogP) is 9.88. The number of aryl methyl sites for hydroxylation is 1. The van der Waals surface area contributed by atoms with E-state index >= 15 is 0 Å². The lowest BCUT2D eigenvalue weighted by molar-refractivity contribution is 0.0867. The van der Waals surface area contributed by atoms with Gasteiger partial charge in [0.2, 0.25) is 5.13 Å². The molecule has 0 saturated heterocycles. The van der Waals surface area contributed by atoms with E-state index < -0.39 is 5.92 Å². The number of para-hydroxylation sites is 1. The molecule has 0 amide bonds. The van der Waals surface area contributed by atoms with Crippen molar-refractivity contribution >= 4 is 72.0 Å². The number of benzene rings is 3. The van der Waals surface area contributed by atoms with Crippen LogP contribution in [0.2, 0.25) is 0 Å². The number of nitrogens with zero attached hydrogens (tertiary/aromatic N) is 5. The Morgan fingerprint density at radius 2 is 1.68 bits per heavy atom. The van der Waals surface area contributed by atoms with Crippen molar-refractivity contribution in [3.63, 3.8) is 0 Å². The van der Waals surface area contributed by atoms with Crippen LogP contribution in [0.5, 0.6) is 0 Å². The molecule has 6 rings (SSSR count). The summed E-state index contributed by atoms with van der Waals surface area (Å²) in [5.74, 6) is -1.71. The molecule has 2 aromatic heterocycles. The molecule has 0 aliphatic heterocycles. The number of aromatic nitrogens is 1. The average Bonchev–Trinajstić information content (AvgIpc) is 3.69. The second-order valence-corrected chi connectivity index (χ2v) is 12.7. The Morgan fingerprint density at radius 1 is 0.932 bits per heavy atom. The number of ketones is 2. The van der Waals surface area contributed by atoms with Crippen LogP contribution in [-0.4, -0.2) is 23.6 Å². The van der Waals surface area contributed by atoms with Gasteiger partial charge in [-0.15, -0.1) is 21.6 Å². The number of Topliss-reactive ketones (excluding diaryl/α,β-unsaturated/α-hetero) is 2. The van der Waals surface area contributed by atoms with Gasteiger partial charge < -0.3 is 4.90 Å². The predicted molar refractivity (Wildman–Crippen MR) is 178 cm³/mol. The van der Waals surface area contributed by atoms with E-state index in [-0.39, 0.29) is 17.1 Å². The van der Waals surface area contributed by atoms with E-state index in [0.29, 0.717) is 16.3 Å². The summed E-state index contributed by atoms with van der Waals surface area (Å²) in [5, 5.41) is 19.2. The highest BCUT2D eigenvalue weighted by atomic mass is 32.1. The van der Waals surface area contributed by atoms with E-state index in [1.807, 2.05) is 67.7 Å². The van der Waals surface area contributed by atoms with Crippen LogP contribution in [0.4, 0.5) is 22.2 Å². The standard InChI is InChI=1S/C35H29N5O2S2/c1-3-4-6-9-22-12-17-28-29(18-22)33(42)31(32(28)41)23(21-36)19-27-20-30-34(43-27)37-35(44-30)39-38-24-13-15-26(16-14-24)40(2)25-10-7-5-8-11-25/h5,7-8,10-20,31H,3-4,6,9H2,1-2H3/b23-19+,39-38+. The molecular formula is C35H29N5O2S2. The first kappa shape index (κ1) is 29.3. The Bertz CT molecular complexity index is 1920. The maximum Gasteiger partial charge on any atom is 0.231 e. The number of unbranched alkanes of at least 4 members (excludes halogenated alkanes) is 2. The molecule has 5 aromatic rings. The first-order valence-corrected chi connectivity index (χ1v) is 16.1. The number of thiazole rings is 1. The Hall–Kier alpha value is -4.78. The Morgan fingerprint density at radius 3 is 2.41 bits per heavy atom. The van der Waals surface area contributed by atoms with Gasteiger partial charge in [0.1, 0.15) is 10.7 Å². The van der Waals surface area contributed by atoms with Crippen LogP contribution in [0.15, 0.2) is 94.7 Å². The number of hydrogen-bond acceptors (Lipinski definition) is 9. The highest BCUT2D eigenvalue weighted by molar-refractivity contribution is 7.29. The fourth-order valence-corrected chi connectivity index (χ4v) is 7.28. The van der Waals surface area contributed by atoms with Crippen LogP contribution in [0.3, 0.4) is 0 Å². The summed E-state index contributed by atoms with van der Waals surface area (Å²) in [7, 11) is 2.02. The molecule has 0 radical (unpaired) electrons. The van der Waals surface area contributed by atoms with E-state index in [0.717, 1.165) is 62.7 Å². The third-order valence-corrected chi connectivity index (χ3v) is 9.67. The second-order valence-electron chi connectivity index (χ2n) is 10.6. The number of thiophene rings is 1. The molecule has 1 aliphatic carbocycles. The minimum absolute atomic E-state index is 0.152. The van der Waals surface area contributed by atoms with E-state index in [1.165, 1.54) is 22.7 Å². The molecule has 0 saturated carbocycles. The zero-order valence-electron chi connectivity index (χ0n) is 24.4. The summed E-state index contributed by atoms with van der Waals surface area (Å²) in [6.07, 6.45) is 5.78. The van der Waals surface area contributed by atoms with E-state index in [4.69, 9.17) is 0 Å². The third-order valence-electron chi connectivity index (χ3n) is 7.67. The number of fused-ring (bicyclic) bond motifs is 2. The first-order valence-electron chi connectivity index (χ1n) is 14.5. The van der Waals surface area contributed by atoms with Crippen LogP contribution in [0.1, 0.15) is 57.3 Å². The van der Waals surface area contributed by atoms with Crippen LogP contribution in [0, 0.1) is 17.2 Å². The number of hydrogen-bond donors (Lipinski definition) is 0. The van der Waals surface area contributed by atoms with Gasteiger partial charge in [0.25, 0.3) is 0 Å². The van der Waals surface area contributed by atoms with Gasteiger partial charge in [0, 0.05) is 40.0 Å². The molecule has 7 nitrogen and oxygen atoms in total. The zero-order chi connectivity index (χ0) is 30.6. The number of azo groups is 1. The molecule has 2 heterocycles. The summed E-state index contributed by atoms with van der Waals surface area (Å²) in [6, 6.07) is 27.5. The minimum Gasteiger partial charge on any atom is -0.345 e. The van der Waals surface area contributed by atoms with Crippen LogP contribution in [0.25, 0.3) is 15.6 Å². The normalized spacial score (nSPS) is 14.8. The molecule has 1 unspecified atom stereocenters. The minimum atomic E-state index is -1.10. The van der Waals surface area contributed by atoms with Crippen LogP contribution < -0.4 is 4.90 Å². The molecular weight excluding hydrogens is 587 g/mol. The van der Waals surface area contributed by atoms with E-state index in [9.17, 15) is 14.9 Å². The van der Waals surface area contributed by atoms with Gasteiger partial charge in [-0.05, 0) is 73.0 Å². The summed E-state index contributed by atoms with van der Waals surface area (Å²) in [6.45, 7) is 2.15. The maximum atomic E-state index is 13.3. The van der Waals surface area contributed by atoms with E-state index in [1.54, 1.807) is 12.1 Å². The summed E-state index contributed by atoms with van der Waals surface area (Å²) >= 11 is 2.78. The smallest absolute Gasteiger partial charge is 0.231 e. The van der Waals surface area contributed by atoms with E-state index in [2.05, 4.69) is 45.2 Å². The molecule has 3 aromatic carbocycles. The van der Waals surface area contributed by atoms with Crippen molar-refractivity contribution < 1.29 is 9.59 Å². The monoisotopic (exact) mass is 615 g/mol. The second kappa shape index (κ2) is 12.8. The van der Waals surface area contributed by atoms with Gasteiger partial charge in [0.05, 0.1) is 16.5 Å². The molecule has 218 valence electrons. The van der Waals surface area contributed by atoms with Gasteiger partial charge in [-0.25, -0.2) is 4.98 Å². The lowest BCUT2D eigenvalue weighted by atomic mass is 9.94. The molecule has 0 bridgehead atoms. The van der Waals surface area contributed by atoms with Crippen molar-refractivity contribution in [2.75, 3.05) is 11.9 Å². The van der Waals surface area contributed by atoms with Crippen LogP contribution in [-0.2, 0) is 6.42 Å². The lowest BCUT2D eigenvalue weighted by Crippen LogP contribution is -2.17. The quantitative estimate of drug-likeness (QED) is 0.0674. The van der Waals surface area contributed by atoms with Gasteiger partial charge in [-0.1, -0.05) is 61.4 Å². The average molecular weight is 616 g/mol. The van der Waals surface area contributed by atoms with Crippen molar-refractivity contribution in [2.45, 2.75) is 32.6 Å². The highest BCUT2D eigenvalue weighted by Gasteiger charge is 2.41.